The van der Waals surface area contributed by atoms with Crippen molar-refractivity contribution in [3.8, 4) is 5.75 Å². The Morgan fingerprint density at radius 3 is 2.72 bits per heavy atom. The number of aryl methyl sites for hydroxylation is 1. The Morgan fingerprint density at radius 2 is 2.00 bits per heavy atom. The molecule has 1 saturated carbocycles. The molecule has 0 radical (unpaired) electrons. The molecule has 0 bridgehead atoms. The van der Waals surface area contributed by atoms with Crippen molar-refractivity contribution in [1.82, 2.24) is 4.90 Å². The molecule has 2 heterocycles. The monoisotopic (exact) mass is 341 g/mol. The molecule has 2 aromatic rings. The maximum Gasteiger partial charge on any atom is 0.336 e. The molecule has 2 atom stereocenters. The number of likely N-dealkylation sites (tertiary alicyclic amines) is 1. The van der Waals surface area contributed by atoms with E-state index in [1.165, 1.54) is 25.3 Å². The summed E-state index contributed by atoms with van der Waals surface area (Å²) >= 11 is 0. The Kier molecular flexibility index (Phi) is 4.24. The quantitative estimate of drug-likeness (QED) is 0.802. The molecule has 1 amide bonds. The van der Waals surface area contributed by atoms with Crippen LogP contribution in [-0.2, 0) is 11.2 Å². The molecule has 1 aliphatic heterocycles. The molecule has 0 N–H and O–H groups in total. The summed E-state index contributed by atoms with van der Waals surface area (Å²) in [6, 6.07) is 6.93. The standard InChI is InChI=1S/C20H23NO4/c1-2-13-8-20(23)25-18-9-16(6-7-17(13)18)24-12-19(22)21-10-14-4-3-5-15(14)11-21/h6-9,14-15H,2-5,10-12H2,1H3/t14-,15+. The first-order chi connectivity index (χ1) is 12.1. The average Bonchev–Trinajstić information content (AvgIpc) is 3.20. The molecule has 0 spiro atoms. The van der Waals surface area contributed by atoms with Crippen molar-refractivity contribution in [2.45, 2.75) is 32.6 Å². The van der Waals surface area contributed by atoms with Crippen molar-refractivity contribution < 1.29 is 13.9 Å². The lowest BCUT2D eigenvalue weighted by atomic mass is 10.0. The van der Waals surface area contributed by atoms with Crippen LogP contribution in [0.2, 0.25) is 0 Å². The number of carbonyl (C=O) groups is 1. The fourth-order valence-electron chi connectivity index (χ4n) is 4.27. The van der Waals surface area contributed by atoms with Crippen LogP contribution >= 0.6 is 0 Å². The molecule has 132 valence electrons. The SMILES string of the molecule is CCc1cc(=O)oc2cc(OCC(=O)N3C[C@H]4CCC[C@H]4C3)ccc12. The number of benzene rings is 1. The molecule has 1 aromatic heterocycles. The van der Waals surface area contributed by atoms with Crippen LogP contribution in [0.5, 0.6) is 5.75 Å². The van der Waals surface area contributed by atoms with E-state index in [-0.39, 0.29) is 18.1 Å². The van der Waals surface area contributed by atoms with E-state index in [1.807, 2.05) is 24.0 Å². The summed E-state index contributed by atoms with van der Waals surface area (Å²) in [4.78, 5) is 26.0. The van der Waals surface area contributed by atoms with Gasteiger partial charge in [0.25, 0.3) is 5.91 Å². The molecular formula is C20H23NO4. The van der Waals surface area contributed by atoms with Crippen LogP contribution in [-0.4, -0.2) is 30.5 Å². The second kappa shape index (κ2) is 6.54. The van der Waals surface area contributed by atoms with Crippen LogP contribution < -0.4 is 10.4 Å². The number of ether oxygens (including phenoxy) is 1. The largest absolute Gasteiger partial charge is 0.484 e. The van der Waals surface area contributed by atoms with Crippen molar-refractivity contribution in [1.29, 1.82) is 0 Å². The average molecular weight is 341 g/mol. The van der Waals surface area contributed by atoms with Gasteiger partial charge in [-0.15, -0.1) is 0 Å². The Labute approximate surface area is 146 Å². The molecule has 5 nitrogen and oxygen atoms in total. The number of hydrogen-bond donors (Lipinski definition) is 0. The molecule has 1 aromatic carbocycles. The minimum atomic E-state index is -0.360. The van der Waals surface area contributed by atoms with Crippen LogP contribution in [0.4, 0.5) is 0 Å². The number of amides is 1. The van der Waals surface area contributed by atoms with Crippen molar-refractivity contribution in [3.05, 3.63) is 40.2 Å². The molecule has 1 saturated heterocycles. The fraction of sp³-hybridized carbons (Fsp3) is 0.500. The van der Waals surface area contributed by atoms with E-state index in [4.69, 9.17) is 9.15 Å². The van der Waals surface area contributed by atoms with E-state index in [0.717, 1.165) is 30.5 Å². The highest BCUT2D eigenvalue weighted by Gasteiger charge is 2.37. The fourth-order valence-corrected chi connectivity index (χ4v) is 4.27. The van der Waals surface area contributed by atoms with Crippen molar-refractivity contribution in [3.63, 3.8) is 0 Å². The van der Waals surface area contributed by atoms with E-state index in [9.17, 15) is 9.59 Å². The number of carbonyl (C=O) groups excluding carboxylic acids is 1. The molecule has 2 aliphatic rings. The van der Waals surface area contributed by atoms with Gasteiger partial charge in [0.15, 0.2) is 6.61 Å². The van der Waals surface area contributed by atoms with Crippen LogP contribution in [0.1, 0.15) is 31.7 Å². The lowest BCUT2D eigenvalue weighted by Crippen LogP contribution is -2.33. The molecular weight excluding hydrogens is 318 g/mol. The molecule has 4 rings (SSSR count). The summed E-state index contributed by atoms with van der Waals surface area (Å²) in [5.74, 6) is 1.97. The van der Waals surface area contributed by atoms with Gasteiger partial charge in [-0.3, -0.25) is 4.79 Å². The van der Waals surface area contributed by atoms with Crippen molar-refractivity contribution in [2.75, 3.05) is 19.7 Å². The van der Waals surface area contributed by atoms with E-state index >= 15 is 0 Å². The Bertz CT molecular complexity index is 844. The summed E-state index contributed by atoms with van der Waals surface area (Å²) in [6.07, 6.45) is 4.56. The van der Waals surface area contributed by atoms with Gasteiger partial charge < -0.3 is 14.1 Å². The Morgan fingerprint density at radius 1 is 1.24 bits per heavy atom. The van der Waals surface area contributed by atoms with Crippen LogP contribution in [0.15, 0.2) is 33.5 Å². The van der Waals surface area contributed by atoms with Crippen LogP contribution in [0.3, 0.4) is 0 Å². The van der Waals surface area contributed by atoms with E-state index in [0.29, 0.717) is 23.2 Å². The number of nitrogens with zero attached hydrogens (tertiary/aromatic N) is 1. The van der Waals surface area contributed by atoms with Gasteiger partial charge in [-0.1, -0.05) is 13.3 Å². The minimum Gasteiger partial charge on any atom is -0.484 e. The summed E-state index contributed by atoms with van der Waals surface area (Å²) in [7, 11) is 0. The lowest BCUT2D eigenvalue weighted by Gasteiger charge is -2.17. The summed E-state index contributed by atoms with van der Waals surface area (Å²) in [6.45, 7) is 3.78. The smallest absolute Gasteiger partial charge is 0.336 e. The third-order valence-electron chi connectivity index (χ3n) is 5.62. The zero-order valence-corrected chi connectivity index (χ0v) is 14.5. The molecule has 25 heavy (non-hydrogen) atoms. The second-order valence-electron chi connectivity index (χ2n) is 7.14. The third-order valence-corrected chi connectivity index (χ3v) is 5.62. The molecule has 5 heteroatoms. The molecule has 2 fully saturated rings. The zero-order valence-electron chi connectivity index (χ0n) is 14.5. The molecule has 0 unspecified atom stereocenters. The maximum absolute atomic E-state index is 12.4. The predicted octanol–water partition coefficient (Wildman–Crippen LogP) is 2.99. The minimum absolute atomic E-state index is 0.0304. The van der Waals surface area contributed by atoms with Gasteiger partial charge in [0.2, 0.25) is 0 Å². The summed E-state index contributed by atoms with van der Waals surface area (Å²) < 4.78 is 10.9. The third kappa shape index (κ3) is 3.15. The first-order valence-corrected chi connectivity index (χ1v) is 9.11. The zero-order chi connectivity index (χ0) is 17.4. The summed E-state index contributed by atoms with van der Waals surface area (Å²) in [5.41, 5.74) is 1.10. The van der Waals surface area contributed by atoms with Gasteiger partial charge in [0.05, 0.1) is 0 Å². The van der Waals surface area contributed by atoms with Crippen molar-refractivity contribution in [2.24, 2.45) is 11.8 Å². The van der Waals surface area contributed by atoms with Crippen LogP contribution in [0, 0.1) is 11.8 Å². The van der Waals surface area contributed by atoms with E-state index < -0.39 is 0 Å². The predicted molar refractivity (Wildman–Crippen MR) is 94.8 cm³/mol. The van der Waals surface area contributed by atoms with Gasteiger partial charge in [-0.2, -0.15) is 0 Å². The van der Waals surface area contributed by atoms with Crippen molar-refractivity contribution >= 4 is 16.9 Å². The van der Waals surface area contributed by atoms with Gasteiger partial charge in [0.1, 0.15) is 11.3 Å². The molecule has 1 aliphatic carbocycles. The van der Waals surface area contributed by atoms with Gasteiger partial charge in [-0.05, 0) is 48.8 Å². The topological polar surface area (TPSA) is 59.8 Å². The highest BCUT2D eigenvalue weighted by atomic mass is 16.5. The first-order valence-electron chi connectivity index (χ1n) is 9.11. The van der Waals surface area contributed by atoms with E-state index in [2.05, 4.69) is 0 Å². The van der Waals surface area contributed by atoms with E-state index in [1.54, 1.807) is 6.07 Å². The van der Waals surface area contributed by atoms with Gasteiger partial charge >= 0.3 is 5.63 Å². The lowest BCUT2D eigenvalue weighted by molar-refractivity contribution is -0.132. The number of rotatable bonds is 4. The van der Waals surface area contributed by atoms with Gasteiger partial charge in [0, 0.05) is 30.6 Å². The summed E-state index contributed by atoms with van der Waals surface area (Å²) in [5, 5.41) is 0.910. The normalized spacial score (nSPS) is 22.4. The first kappa shape index (κ1) is 16.2. The highest BCUT2D eigenvalue weighted by Crippen LogP contribution is 2.37. The number of hydrogen-bond acceptors (Lipinski definition) is 4. The van der Waals surface area contributed by atoms with Crippen LogP contribution in [0.25, 0.3) is 11.0 Å². The Balaban J connectivity index is 1.44. The Hall–Kier alpha value is -2.30. The van der Waals surface area contributed by atoms with Gasteiger partial charge in [-0.25, -0.2) is 4.79 Å². The second-order valence-corrected chi connectivity index (χ2v) is 7.14. The highest BCUT2D eigenvalue weighted by molar-refractivity contribution is 5.82. The maximum atomic E-state index is 12.4. The number of fused-ring (bicyclic) bond motifs is 2.